The Morgan fingerprint density at radius 3 is 2.65 bits per heavy atom. The molecule has 1 heterocycles. The van der Waals surface area contributed by atoms with Gasteiger partial charge in [0.1, 0.15) is 0 Å². The van der Waals surface area contributed by atoms with Crippen LogP contribution < -0.4 is 5.32 Å². The van der Waals surface area contributed by atoms with Gasteiger partial charge in [0, 0.05) is 18.4 Å². The molecule has 0 fully saturated rings. The van der Waals surface area contributed by atoms with Crippen LogP contribution in [0.5, 0.6) is 0 Å². The van der Waals surface area contributed by atoms with Crippen LogP contribution in [0.2, 0.25) is 0 Å². The van der Waals surface area contributed by atoms with E-state index in [4.69, 9.17) is 0 Å². The summed E-state index contributed by atoms with van der Waals surface area (Å²) in [5.41, 5.74) is 3.72. The largest absolute Gasteiger partial charge is 0.313 e. The molecule has 1 N–H and O–H groups in total. The Bertz CT molecular complexity index is 461. The minimum atomic E-state index is 0.423. The van der Waals surface area contributed by atoms with Gasteiger partial charge in [0.05, 0.1) is 0 Å². The summed E-state index contributed by atoms with van der Waals surface area (Å²) in [7, 11) is 2.00. The molecule has 0 saturated carbocycles. The van der Waals surface area contributed by atoms with E-state index in [1.54, 1.807) is 6.20 Å². The van der Waals surface area contributed by atoms with Gasteiger partial charge in [-0.25, -0.2) is 0 Å². The monoisotopic (exact) mass is 226 g/mol. The standard InChI is InChI=1S/C15H18N2/c1-3-15(16-2)13-7-4-6-12(10-13)14-8-5-9-17-11-14/h4-11,15-16H,3H2,1-2H3. The van der Waals surface area contributed by atoms with Crippen LogP contribution in [0.15, 0.2) is 48.8 Å². The van der Waals surface area contributed by atoms with Crippen LogP contribution in [0.3, 0.4) is 0 Å². The molecule has 2 rings (SSSR count). The average Bonchev–Trinajstić information content (AvgIpc) is 2.42. The maximum atomic E-state index is 4.16. The lowest BCUT2D eigenvalue weighted by atomic mass is 9.99. The van der Waals surface area contributed by atoms with E-state index >= 15 is 0 Å². The Morgan fingerprint density at radius 1 is 1.18 bits per heavy atom. The van der Waals surface area contributed by atoms with Crippen molar-refractivity contribution in [2.45, 2.75) is 19.4 Å². The molecule has 2 aromatic rings. The number of nitrogens with zero attached hydrogens (tertiary/aromatic N) is 1. The predicted octanol–water partition coefficient (Wildman–Crippen LogP) is 3.42. The first-order chi connectivity index (χ1) is 8.35. The summed E-state index contributed by atoms with van der Waals surface area (Å²) in [5.74, 6) is 0. The molecule has 88 valence electrons. The van der Waals surface area contributed by atoms with E-state index in [2.05, 4.69) is 47.6 Å². The van der Waals surface area contributed by atoms with Crippen LogP contribution in [0.4, 0.5) is 0 Å². The van der Waals surface area contributed by atoms with Crippen molar-refractivity contribution in [3.63, 3.8) is 0 Å². The molecule has 0 radical (unpaired) electrons. The summed E-state index contributed by atoms with van der Waals surface area (Å²) in [6, 6.07) is 13.1. The van der Waals surface area contributed by atoms with Gasteiger partial charge in [-0.05, 0) is 42.3 Å². The Morgan fingerprint density at radius 2 is 2.00 bits per heavy atom. The first kappa shape index (κ1) is 11.8. The molecular weight excluding hydrogens is 208 g/mol. The minimum Gasteiger partial charge on any atom is -0.313 e. The van der Waals surface area contributed by atoms with Gasteiger partial charge >= 0.3 is 0 Å². The third-order valence-electron chi connectivity index (χ3n) is 3.04. The number of rotatable bonds is 4. The van der Waals surface area contributed by atoms with Crippen molar-refractivity contribution in [3.05, 3.63) is 54.4 Å². The molecule has 2 nitrogen and oxygen atoms in total. The number of aromatic nitrogens is 1. The van der Waals surface area contributed by atoms with Crippen LogP contribution in [0.25, 0.3) is 11.1 Å². The van der Waals surface area contributed by atoms with Crippen molar-refractivity contribution in [2.24, 2.45) is 0 Å². The van der Waals surface area contributed by atoms with Crippen LogP contribution in [0, 0.1) is 0 Å². The van der Waals surface area contributed by atoms with Crippen molar-refractivity contribution in [3.8, 4) is 11.1 Å². The van der Waals surface area contributed by atoms with E-state index in [0.717, 1.165) is 6.42 Å². The highest BCUT2D eigenvalue weighted by atomic mass is 14.9. The van der Waals surface area contributed by atoms with E-state index < -0.39 is 0 Å². The highest BCUT2D eigenvalue weighted by molar-refractivity contribution is 5.63. The molecule has 0 bridgehead atoms. The summed E-state index contributed by atoms with van der Waals surface area (Å²) >= 11 is 0. The Balaban J connectivity index is 2.35. The Labute approximate surface area is 103 Å². The average molecular weight is 226 g/mol. The third kappa shape index (κ3) is 2.71. The zero-order valence-electron chi connectivity index (χ0n) is 10.4. The molecule has 0 spiro atoms. The summed E-state index contributed by atoms with van der Waals surface area (Å²) in [5, 5.41) is 3.33. The molecule has 0 amide bonds. The Hall–Kier alpha value is -1.67. The summed E-state index contributed by atoms with van der Waals surface area (Å²) in [6.07, 6.45) is 4.79. The van der Waals surface area contributed by atoms with Crippen molar-refractivity contribution in [2.75, 3.05) is 7.05 Å². The summed E-state index contributed by atoms with van der Waals surface area (Å²) in [4.78, 5) is 4.16. The van der Waals surface area contributed by atoms with Crippen molar-refractivity contribution < 1.29 is 0 Å². The molecule has 0 aliphatic rings. The minimum absolute atomic E-state index is 0.423. The topological polar surface area (TPSA) is 24.9 Å². The van der Waals surface area contributed by atoms with Gasteiger partial charge in [-0.1, -0.05) is 31.2 Å². The van der Waals surface area contributed by atoms with Crippen LogP contribution >= 0.6 is 0 Å². The van der Waals surface area contributed by atoms with E-state index in [9.17, 15) is 0 Å². The van der Waals surface area contributed by atoms with Crippen molar-refractivity contribution in [1.29, 1.82) is 0 Å². The lowest BCUT2D eigenvalue weighted by molar-refractivity contribution is 0.577. The first-order valence-corrected chi connectivity index (χ1v) is 6.02. The molecule has 2 heteroatoms. The smallest absolute Gasteiger partial charge is 0.0346 e. The second-order valence-corrected chi connectivity index (χ2v) is 4.12. The van der Waals surface area contributed by atoms with E-state index in [0.29, 0.717) is 6.04 Å². The Kier molecular flexibility index (Phi) is 3.89. The highest BCUT2D eigenvalue weighted by Gasteiger charge is 2.07. The van der Waals surface area contributed by atoms with Crippen LogP contribution in [0.1, 0.15) is 24.9 Å². The van der Waals surface area contributed by atoms with Gasteiger partial charge in [0.25, 0.3) is 0 Å². The van der Waals surface area contributed by atoms with Gasteiger partial charge < -0.3 is 5.32 Å². The summed E-state index contributed by atoms with van der Waals surface area (Å²) in [6.45, 7) is 2.19. The van der Waals surface area contributed by atoms with Gasteiger partial charge in [0.15, 0.2) is 0 Å². The lowest BCUT2D eigenvalue weighted by Crippen LogP contribution is -2.15. The van der Waals surface area contributed by atoms with Crippen molar-refractivity contribution in [1.82, 2.24) is 10.3 Å². The zero-order valence-corrected chi connectivity index (χ0v) is 10.4. The highest BCUT2D eigenvalue weighted by Crippen LogP contribution is 2.23. The quantitative estimate of drug-likeness (QED) is 0.864. The molecule has 0 aliphatic heterocycles. The van der Waals surface area contributed by atoms with Crippen LogP contribution in [-0.4, -0.2) is 12.0 Å². The molecule has 17 heavy (non-hydrogen) atoms. The molecule has 1 aromatic carbocycles. The first-order valence-electron chi connectivity index (χ1n) is 6.02. The SMILES string of the molecule is CCC(NC)c1cccc(-c2cccnc2)c1. The molecule has 1 aromatic heterocycles. The fourth-order valence-corrected chi connectivity index (χ4v) is 2.07. The molecule has 0 aliphatic carbocycles. The predicted molar refractivity (Wildman–Crippen MR) is 71.8 cm³/mol. The fraction of sp³-hybridized carbons (Fsp3) is 0.267. The molecule has 1 unspecified atom stereocenters. The molecular formula is C15H18N2. The third-order valence-corrected chi connectivity index (χ3v) is 3.04. The molecule has 1 atom stereocenters. The van der Waals surface area contributed by atoms with E-state index in [-0.39, 0.29) is 0 Å². The van der Waals surface area contributed by atoms with E-state index in [1.165, 1.54) is 16.7 Å². The normalized spacial score (nSPS) is 12.4. The van der Waals surface area contributed by atoms with Gasteiger partial charge in [-0.3, -0.25) is 4.98 Å². The maximum absolute atomic E-state index is 4.16. The zero-order chi connectivity index (χ0) is 12.1. The van der Waals surface area contributed by atoms with Gasteiger partial charge in [-0.15, -0.1) is 0 Å². The number of hydrogen-bond acceptors (Lipinski definition) is 2. The lowest BCUT2D eigenvalue weighted by Gasteiger charge is -2.15. The molecule has 0 saturated heterocycles. The second-order valence-electron chi connectivity index (χ2n) is 4.12. The number of nitrogens with one attached hydrogen (secondary N) is 1. The fourth-order valence-electron chi connectivity index (χ4n) is 2.07. The second kappa shape index (κ2) is 5.60. The maximum Gasteiger partial charge on any atom is 0.0346 e. The number of pyridine rings is 1. The van der Waals surface area contributed by atoms with Crippen LogP contribution in [-0.2, 0) is 0 Å². The number of benzene rings is 1. The summed E-state index contributed by atoms with van der Waals surface area (Å²) < 4.78 is 0. The number of hydrogen-bond donors (Lipinski definition) is 1. The van der Waals surface area contributed by atoms with Gasteiger partial charge in [-0.2, -0.15) is 0 Å². The van der Waals surface area contributed by atoms with Gasteiger partial charge in [0.2, 0.25) is 0 Å². The van der Waals surface area contributed by atoms with Crippen molar-refractivity contribution >= 4 is 0 Å². The van der Waals surface area contributed by atoms with E-state index in [1.807, 2.05) is 19.3 Å².